The second-order valence-electron chi connectivity index (χ2n) is 5.34. The zero-order valence-corrected chi connectivity index (χ0v) is 11.8. The molecule has 7 heteroatoms. The van der Waals surface area contributed by atoms with Crippen molar-refractivity contribution < 1.29 is 28.5 Å². The van der Waals surface area contributed by atoms with Crippen LogP contribution in [0.25, 0.3) is 0 Å². The van der Waals surface area contributed by atoms with Crippen LogP contribution >= 0.6 is 0 Å². The SMILES string of the molecule is COCCOCOC1CCC2(OCCO2)C2NOCC12. The molecular formula is C13H23NO6. The highest BCUT2D eigenvalue weighted by molar-refractivity contribution is 5.01. The molecule has 0 aromatic carbocycles. The maximum absolute atomic E-state index is 5.84. The Labute approximate surface area is 118 Å². The summed E-state index contributed by atoms with van der Waals surface area (Å²) < 4.78 is 27.8. The van der Waals surface area contributed by atoms with Gasteiger partial charge in [0.25, 0.3) is 0 Å². The first-order valence-electron chi connectivity index (χ1n) is 7.19. The van der Waals surface area contributed by atoms with Crippen molar-refractivity contribution in [1.29, 1.82) is 0 Å². The van der Waals surface area contributed by atoms with Crippen LogP contribution < -0.4 is 5.48 Å². The highest BCUT2D eigenvalue weighted by atomic mass is 16.8. The van der Waals surface area contributed by atoms with Crippen molar-refractivity contribution in [2.75, 3.05) is 46.9 Å². The van der Waals surface area contributed by atoms with E-state index < -0.39 is 5.79 Å². The second kappa shape index (κ2) is 6.65. The van der Waals surface area contributed by atoms with Gasteiger partial charge < -0.3 is 28.5 Å². The molecule has 3 fully saturated rings. The van der Waals surface area contributed by atoms with Crippen LogP contribution in [0.1, 0.15) is 12.8 Å². The van der Waals surface area contributed by atoms with Gasteiger partial charge in [0.15, 0.2) is 5.79 Å². The number of nitrogens with one attached hydrogen (secondary N) is 1. The standard InChI is InChI=1S/C13H23NO6/c1-15-4-5-16-9-17-11-2-3-13(18-6-7-19-13)12-10(11)8-20-14-12/h10-12,14H,2-9H2,1H3. The molecule has 3 unspecified atom stereocenters. The Balaban J connectivity index is 1.51. The van der Waals surface area contributed by atoms with Crippen molar-refractivity contribution >= 4 is 0 Å². The summed E-state index contributed by atoms with van der Waals surface area (Å²) in [5, 5.41) is 0. The van der Waals surface area contributed by atoms with Gasteiger partial charge >= 0.3 is 0 Å². The van der Waals surface area contributed by atoms with E-state index in [-0.39, 0.29) is 24.9 Å². The molecule has 1 saturated carbocycles. The Morgan fingerprint density at radius 2 is 2.10 bits per heavy atom. The summed E-state index contributed by atoms with van der Waals surface area (Å²) in [4.78, 5) is 5.40. The molecular weight excluding hydrogens is 266 g/mol. The first-order chi connectivity index (χ1) is 9.86. The molecule has 2 aliphatic heterocycles. The first-order valence-corrected chi connectivity index (χ1v) is 7.19. The number of fused-ring (bicyclic) bond motifs is 2. The number of hydroxylamine groups is 1. The van der Waals surface area contributed by atoms with Crippen LogP contribution in [0.4, 0.5) is 0 Å². The lowest BCUT2D eigenvalue weighted by Crippen LogP contribution is -2.58. The molecule has 3 atom stereocenters. The van der Waals surface area contributed by atoms with Crippen molar-refractivity contribution in [2.45, 2.75) is 30.8 Å². The van der Waals surface area contributed by atoms with Crippen LogP contribution in [-0.2, 0) is 28.5 Å². The van der Waals surface area contributed by atoms with Gasteiger partial charge in [-0.05, 0) is 6.42 Å². The Bertz CT molecular complexity index is 309. The number of hydrogen-bond donors (Lipinski definition) is 1. The first kappa shape index (κ1) is 14.6. The Kier molecular flexibility index (Phi) is 4.87. The van der Waals surface area contributed by atoms with Crippen molar-refractivity contribution in [3.63, 3.8) is 0 Å². The number of hydrogen-bond acceptors (Lipinski definition) is 7. The fourth-order valence-corrected chi connectivity index (χ4v) is 3.21. The molecule has 2 saturated heterocycles. The molecule has 0 bridgehead atoms. The summed E-state index contributed by atoms with van der Waals surface area (Å²) in [5.74, 6) is -0.300. The molecule has 1 N–H and O–H groups in total. The molecule has 3 aliphatic rings. The van der Waals surface area contributed by atoms with Crippen molar-refractivity contribution in [3.05, 3.63) is 0 Å². The molecule has 116 valence electrons. The topological polar surface area (TPSA) is 67.4 Å². The molecule has 20 heavy (non-hydrogen) atoms. The third-order valence-corrected chi connectivity index (χ3v) is 4.22. The quantitative estimate of drug-likeness (QED) is 0.547. The average molecular weight is 289 g/mol. The van der Waals surface area contributed by atoms with Gasteiger partial charge in [0.2, 0.25) is 0 Å². The molecule has 0 radical (unpaired) electrons. The summed E-state index contributed by atoms with van der Waals surface area (Å²) in [7, 11) is 1.65. The normalized spacial score (nSPS) is 35.5. The molecule has 0 aromatic rings. The van der Waals surface area contributed by atoms with Gasteiger partial charge in [-0.3, -0.25) is 0 Å². The molecule has 7 nitrogen and oxygen atoms in total. The molecule has 1 aliphatic carbocycles. The van der Waals surface area contributed by atoms with Crippen LogP contribution in [0.5, 0.6) is 0 Å². The predicted molar refractivity (Wildman–Crippen MR) is 67.8 cm³/mol. The third kappa shape index (κ3) is 2.85. The van der Waals surface area contributed by atoms with Crippen LogP contribution in [-0.4, -0.2) is 64.9 Å². The van der Waals surface area contributed by atoms with E-state index in [4.69, 9.17) is 28.5 Å². The molecule has 3 rings (SSSR count). The summed E-state index contributed by atoms with van der Waals surface area (Å²) >= 11 is 0. The van der Waals surface area contributed by atoms with E-state index in [1.165, 1.54) is 0 Å². The monoisotopic (exact) mass is 289 g/mol. The van der Waals surface area contributed by atoms with Crippen molar-refractivity contribution in [1.82, 2.24) is 5.48 Å². The summed E-state index contributed by atoms with van der Waals surface area (Å²) in [6, 6.07) is 0.0303. The van der Waals surface area contributed by atoms with E-state index in [1.54, 1.807) is 7.11 Å². The zero-order valence-electron chi connectivity index (χ0n) is 11.8. The van der Waals surface area contributed by atoms with Crippen LogP contribution in [0.3, 0.4) is 0 Å². The van der Waals surface area contributed by atoms with Crippen molar-refractivity contribution in [3.8, 4) is 0 Å². The van der Waals surface area contributed by atoms with Crippen LogP contribution in [0.15, 0.2) is 0 Å². The lowest BCUT2D eigenvalue weighted by atomic mass is 9.79. The number of ether oxygens (including phenoxy) is 5. The van der Waals surface area contributed by atoms with E-state index >= 15 is 0 Å². The van der Waals surface area contributed by atoms with Crippen molar-refractivity contribution in [2.24, 2.45) is 5.92 Å². The number of rotatable bonds is 6. The van der Waals surface area contributed by atoms with E-state index in [1.807, 2.05) is 0 Å². The van der Waals surface area contributed by atoms with Gasteiger partial charge in [-0.1, -0.05) is 0 Å². The maximum atomic E-state index is 5.84. The highest BCUT2D eigenvalue weighted by Gasteiger charge is 2.56. The van der Waals surface area contributed by atoms with Gasteiger partial charge in [-0.25, -0.2) is 0 Å². The lowest BCUT2D eigenvalue weighted by molar-refractivity contribution is -0.229. The largest absolute Gasteiger partial charge is 0.382 e. The van der Waals surface area contributed by atoms with E-state index in [0.29, 0.717) is 33.0 Å². The van der Waals surface area contributed by atoms with Gasteiger partial charge in [-0.15, -0.1) is 0 Å². The van der Waals surface area contributed by atoms with Crippen LogP contribution in [0.2, 0.25) is 0 Å². The minimum Gasteiger partial charge on any atom is -0.382 e. The zero-order chi connectivity index (χ0) is 13.8. The van der Waals surface area contributed by atoms with Gasteiger partial charge in [-0.2, -0.15) is 5.48 Å². The van der Waals surface area contributed by atoms with Gasteiger partial charge in [0.05, 0.1) is 45.2 Å². The Morgan fingerprint density at radius 3 is 2.90 bits per heavy atom. The molecule has 2 heterocycles. The van der Waals surface area contributed by atoms with E-state index in [2.05, 4.69) is 5.48 Å². The average Bonchev–Trinajstić information content (AvgIpc) is 3.11. The fraction of sp³-hybridized carbons (Fsp3) is 1.00. The van der Waals surface area contributed by atoms with E-state index in [0.717, 1.165) is 12.8 Å². The maximum Gasteiger partial charge on any atom is 0.186 e. The van der Waals surface area contributed by atoms with Crippen LogP contribution in [0, 0.1) is 5.92 Å². The Hall–Kier alpha value is -0.280. The van der Waals surface area contributed by atoms with Gasteiger partial charge in [0, 0.05) is 19.4 Å². The molecule has 1 spiro atoms. The number of methoxy groups -OCH3 is 1. The summed E-state index contributed by atoms with van der Waals surface area (Å²) in [6.07, 6.45) is 1.81. The fourth-order valence-electron chi connectivity index (χ4n) is 3.21. The molecule has 0 amide bonds. The minimum atomic E-state index is -0.530. The smallest absolute Gasteiger partial charge is 0.186 e. The minimum absolute atomic E-state index is 0.0303. The Morgan fingerprint density at radius 1 is 1.25 bits per heavy atom. The van der Waals surface area contributed by atoms with E-state index in [9.17, 15) is 0 Å². The highest BCUT2D eigenvalue weighted by Crippen LogP contribution is 2.42. The summed E-state index contributed by atoms with van der Waals surface area (Å²) in [6.45, 7) is 3.32. The lowest BCUT2D eigenvalue weighted by Gasteiger charge is -2.42. The predicted octanol–water partition coefficient (Wildman–Crippen LogP) is 0.0486. The summed E-state index contributed by atoms with van der Waals surface area (Å²) in [5.41, 5.74) is 3.04. The third-order valence-electron chi connectivity index (χ3n) is 4.22. The van der Waals surface area contributed by atoms with Gasteiger partial charge in [0.1, 0.15) is 6.79 Å². The molecule has 0 aromatic heterocycles. The second-order valence-corrected chi connectivity index (χ2v) is 5.34.